The van der Waals surface area contributed by atoms with Crippen molar-refractivity contribution in [3.63, 3.8) is 0 Å². The first-order valence-electron chi connectivity index (χ1n) is 8.69. The van der Waals surface area contributed by atoms with E-state index in [-0.39, 0.29) is 11.0 Å². The van der Waals surface area contributed by atoms with Gasteiger partial charge >= 0.3 is 0 Å². The second-order valence-electron chi connectivity index (χ2n) is 8.55. The Balaban J connectivity index is 2.02. The molecule has 21 heavy (non-hydrogen) atoms. The third-order valence-corrected chi connectivity index (χ3v) is 7.19. The molecule has 0 aromatic carbocycles. The van der Waals surface area contributed by atoms with E-state index in [0.29, 0.717) is 11.3 Å². The normalized spacial score (nSPS) is 47.1. The van der Waals surface area contributed by atoms with Gasteiger partial charge in [0.1, 0.15) is 17.6 Å². The number of hydrogen-bond donors (Lipinski definition) is 0. The summed E-state index contributed by atoms with van der Waals surface area (Å²) < 4.78 is 6.54. The zero-order valence-electron chi connectivity index (χ0n) is 14.1. The van der Waals surface area contributed by atoms with Gasteiger partial charge in [-0.05, 0) is 49.4 Å². The van der Waals surface area contributed by atoms with Crippen LogP contribution in [0.4, 0.5) is 0 Å². The molecule has 0 N–H and O–H groups in total. The predicted octanol–water partition coefficient (Wildman–Crippen LogP) is 4.88. The highest BCUT2D eigenvalue weighted by Gasteiger charge is 2.64. The molecule has 1 saturated heterocycles. The van der Waals surface area contributed by atoms with Crippen molar-refractivity contribution in [2.75, 3.05) is 0 Å². The summed E-state index contributed by atoms with van der Waals surface area (Å²) in [5.74, 6) is 2.25. The number of allylic oxidation sites excluding steroid dienone is 2. The van der Waals surface area contributed by atoms with Gasteiger partial charge in [-0.1, -0.05) is 34.1 Å². The Morgan fingerprint density at radius 1 is 1.14 bits per heavy atom. The summed E-state index contributed by atoms with van der Waals surface area (Å²) in [6, 6.07) is 0. The fourth-order valence-electron chi connectivity index (χ4n) is 6.14. The summed E-state index contributed by atoms with van der Waals surface area (Å²) in [7, 11) is 0. The van der Waals surface area contributed by atoms with Crippen molar-refractivity contribution in [2.24, 2.45) is 22.7 Å². The van der Waals surface area contributed by atoms with Crippen LogP contribution in [-0.4, -0.2) is 11.9 Å². The quantitative estimate of drug-likeness (QED) is 0.508. The largest absolute Gasteiger partial charge is 0.491 e. The molecule has 0 aromatic heterocycles. The third-order valence-electron chi connectivity index (χ3n) is 7.19. The molecule has 2 nitrogen and oxygen atoms in total. The van der Waals surface area contributed by atoms with E-state index in [1.165, 1.54) is 32.1 Å². The third kappa shape index (κ3) is 2.01. The van der Waals surface area contributed by atoms with Gasteiger partial charge in [-0.15, -0.1) is 0 Å². The first-order valence-corrected chi connectivity index (χ1v) is 8.69. The summed E-state index contributed by atoms with van der Waals surface area (Å²) in [4.78, 5) is 10.8. The SMILES string of the molecule is C[C@@H]1CC[C@H]2C(C)(C)CCC[C@]2(C)[C@@]12CC/C(=C\C=O)O2. The van der Waals surface area contributed by atoms with Crippen LogP contribution in [0, 0.1) is 22.7 Å². The number of carbonyl (C=O) groups excluding carboxylic acids is 1. The van der Waals surface area contributed by atoms with Crippen LogP contribution in [0.15, 0.2) is 11.8 Å². The zero-order valence-corrected chi connectivity index (χ0v) is 14.1. The maximum atomic E-state index is 10.8. The van der Waals surface area contributed by atoms with Crippen molar-refractivity contribution in [1.82, 2.24) is 0 Å². The lowest BCUT2D eigenvalue weighted by atomic mass is 9.44. The molecule has 3 fully saturated rings. The molecule has 0 amide bonds. The maximum Gasteiger partial charge on any atom is 0.146 e. The second-order valence-corrected chi connectivity index (χ2v) is 8.55. The molecule has 118 valence electrons. The lowest BCUT2D eigenvalue weighted by Gasteiger charge is -2.63. The van der Waals surface area contributed by atoms with E-state index in [4.69, 9.17) is 4.74 Å². The smallest absolute Gasteiger partial charge is 0.146 e. The molecule has 0 bridgehead atoms. The summed E-state index contributed by atoms with van der Waals surface area (Å²) in [5.41, 5.74) is 0.633. The molecule has 2 saturated carbocycles. The molecule has 0 aromatic rings. The van der Waals surface area contributed by atoms with Crippen molar-refractivity contribution in [1.29, 1.82) is 0 Å². The van der Waals surface area contributed by atoms with E-state index in [1.54, 1.807) is 6.08 Å². The van der Waals surface area contributed by atoms with Crippen molar-refractivity contribution in [3.8, 4) is 0 Å². The van der Waals surface area contributed by atoms with Gasteiger partial charge < -0.3 is 4.74 Å². The molecule has 1 spiro atoms. The van der Waals surface area contributed by atoms with Crippen molar-refractivity contribution in [3.05, 3.63) is 11.8 Å². The van der Waals surface area contributed by atoms with Crippen LogP contribution in [0.5, 0.6) is 0 Å². The van der Waals surface area contributed by atoms with E-state index in [9.17, 15) is 4.79 Å². The molecule has 0 unspecified atom stereocenters. The number of hydrogen-bond acceptors (Lipinski definition) is 2. The van der Waals surface area contributed by atoms with Gasteiger partial charge in [-0.3, -0.25) is 4.79 Å². The lowest BCUT2D eigenvalue weighted by molar-refractivity contribution is -0.203. The number of fused-ring (bicyclic) bond motifs is 2. The van der Waals surface area contributed by atoms with E-state index in [2.05, 4.69) is 27.7 Å². The Morgan fingerprint density at radius 2 is 1.90 bits per heavy atom. The highest BCUT2D eigenvalue weighted by atomic mass is 16.5. The fraction of sp³-hybridized carbons (Fsp3) is 0.842. The van der Waals surface area contributed by atoms with Crippen LogP contribution >= 0.6 is 0 Å². The van der Waals surface area contributed by atoms with Gasteiger partial charge in [-0.2, -0.15) is 0 Å². The van der Waals surface area contributed by atoms with Crippen LogP contribution in [-0.2, 0) is 9.53 Å². The molecule has 2 heteroatoms. The topological polar surface area (TPSA) is 26.3 Å². The van der Waals surface area contributed by atoms with Gasteiger partial charge in [0.25, 0.3) is 0 Å². The molecule has 3 aliphatic rings. The Hall–Kier alpha value is -0.790. The van der Waals surface area contributed by atoms with Crippen molar-refractivity contribution >= 4 is 6.29 Å². The Kier molecular flexibility index (Phi) is 3.50. The minimum absolute atomic E-state index is 0.0392. The van der Waals surface area contributed by atoms with Gasteiger partial charge in [0.15, 0.2) is 0 Å². The van der Waals surface area contributed by atoms with E-state index >= 15 is 0 Å². The summed E-state index contributed by atoms with van der Waals surface area (Å²) >= 11 is 0. The van der Waals surface area contributed by atoms with Crippen LogP contribution in [0.25, 0.3) is 0 Å². The average molecular weight is 290 g/mol. The molecule has 0 radical (unpaired) electrons. The second kappa shape index (κ2) is 4.86. The number of ether oxygens (including phenoxy) is 1. The number of aldehydes is 1. The van der Waals surface area contributed by atoms with Gasteiger partial charge in [0.2, 0.25) is 0 Å². The van der Waals surface area contributed by atoms with E-state index in [0.717, 1.165) is 30.8 Å². The Labute approximate surface area is 129 Å². The Bertz CT molecular complexity index is 464. The number of carbonyl (C=O) groups is 1. The molecule has 4 atom stereocenters. The van der Waals surface area contributed by atoms with E-state index in [1.807, 2.05) is 0 Å². The highest BCUT2D eigenvalue weighted by Crippen LogP contribution is 2.66. The minimum Gasteiger partial charge on any atom is -0.491 e. The van der Waals surface area contributed by atoms with Gasteiger partial charge in [-0.25, -0.2) is 0 Å². The summed E-state index contributed by atoms with van der Waals surface area (Å²) in [6.45, 7) is 9.76. The van der Waals surface area contributed by atoms with Crippen molar-refractivity contribution < 1.29 is 9.53 Å². The molecular weight excluding hydrogens is 260 g/mol. The average Bonchev–Trinajstić information content (AvgIpc) is 2.82. The molecular formula is C19H30O2. The molecule has 3 rings (SSSR count). The van der Waals surface area contributed by atoms with Gasteiger partial charge in [0, 0.05) is 17.9 Å². The van der Waals surface area contributed by atoms with Crippen LogP contribution in [0.1, 0.15) is 72.6 Å². The van der Waals surface area contributed by atoms with Gasteiger partial charge in [0.05, 0.1) is 0 Å². The summed E-state index contributed by atoms with van der Waals surface area (Å²) in [6.07, 6.45) is 11.1. The first kappa shape index (κ1) is 15.1. The maximum absolute atomic E-state index is 10.8. The lowest BCUT2D eigenvalue weighted by Crippen LogP contribution is -2.61. The molecule has 2 aliphatic carbocycles. The van der Waals surface area contributed by atoms with Crippen molar-refractivity contribution in [2.45, 2.75) is 78.2 Å². The molecule has 1 heterocycles. The van der Waals surface area contributed by atoms with Crippen LogP contribution in [0.2, 0.25) is 0 Å². The number of rotatable bonds is 1. The monoisotopic (exact) mass is 290 g/mol. The molecule has 1 aliphatic heterocycles. The highest BCUT2D eigenvalue weighted by molar-refractivity contribution is 5.65. The predicted molar refractivity (Wildman–Crippen MR) is 84.8 cm³/mol. The minimum atomic E-state index is -0.0392. The summed E-state index contributed by atoms with van der Waals surface area (Å²) in [5, 5.41) is 0. The van der Waals surface area contributed by atoms with Crippen LogP contribution in [0.3, 0.4) is 0 Å². The standard InChI is InChI=1S/C19H30O2/c1-14-6-7-16-17(2,3)10-5-11-18(16,4)19(14)12-8-15(21-19)9-13-20/h9,13-14,16H,5-8,10-12H2,1-4H3/b15-9+/t14-,16+,18+,19-/m1/s1. The Morgan fingerprint density at radius 3 is 2.62 bits per heavy atom. The van der Waals surface area contributed by atoms with Crippen LogP contribution < -0.4 is 0 Å². The fourth-order valence-corrected chi connectivity index (χ4v) is 6.14. The van der Waals surface area contributed by atoms with E-state index < -0.39 is 0 Å². The first-order chi connectivity index (χ1) is 9.86. The zero-order chi connectivity index (χ0) is 15.3.